The van der Waals surface area contributed by atoms with Gasteiger partial charge in [0.15, 0.2) is 6.29 Å². The lowest BCUT2D eigenvalue weighted by Crippen LogP contribution is -2.07. The van der Waals surface area contributed by atoms with Gasteiger partial charge in [-0.1, -0.05) is 33.2 Å². The molecule has 0 amide bonds. The molecule has 0 saturated heterocycles. The minimum atomic E-state index is 0.293. The first-order valence-corrected chi connectivity index (χ1v) is 8.75. The van der Waals surface area contributed by atoms with Gasteiger partial charge in [0.05, 0.1) is 14.2 Å². The molecule has 0 N–H and O–H groups in total. The largest absolute Gasteiger partial charge is 0.497 e. The molecule has 3 nitrogen and oxygen atoms in total. The van der Waals surface area contributed by atoms with Crippen LogP contribution in [0.3, 0.4) is 0 Å². The summed E-state index contributed by atoms with van der Waals surface area (Å²) in [7, 11) is 3.86. The highest BCUT2D eigenvalue weighted by molar-refractivity contribution is 7.47. The average Bonchev–Trinajstić information content (AvgIpc) is 2.59. The van der Waals surface area contributed by atoms with E-state index in [1.807, 2.05) is 31.2 Å². The Kier molecular flexibility index (Phi) is 6.18. The molecule has 122 valence electrons. The summed E-state index contributed by atoms with van der Waals surface area (Å²) in [5, 5.41) is 1.10. The number of methoxy groups -OCH3 is 2. The topological polar surface area (TPSA) is 35.5 Å². The van der Waals surface area contributed by atoms with Crippen LogP contribution < -0.4 is 14.8 Å². The van der Waals surface area contributed by atoms with Crippen LogP contribution in [0, 0.1) is 6.92 Å². The predicted octanol–water partition coefficient (Wildman–Crippen LogP) is 4.28. The molecule has 0 fully saturated rings. The van der Waals surface area contributed by atoms with Gasteiger partial charge in [0, 0.05) is 16.8 Å². The van der Waals surface area contributed by atoms with Crippen molar-refractivity contribution in [3.05, 3.63) is 53.1 Å². The number of hydrogen-bond donors (Lipinski definition) is 0. The Morgan fingerprint density at radius 3 is 2.52 bits per heavy atom. The predicted molar refractivity (Wildman–Crippen MR) is 97.1 cm³/mol. The fourth-order valence-electron chi connectivity index (χ4n) is 2.61. The molecule has 2 aromatic carbocycles. The van der Waals surface area contributed by atoms with Crippen molar-refractivity contribution >= 4 is 20.2 Å². The normalized spacial score (nSPS) is 12.3. The van der Waals surface area contributed by atoms with E-state index in [9.17, 15) is 4.79 Å². The molecular weight excluding hydrogens is 307 g/mol. The summed E-state index contributed by atoms with van der Waals surface area (Å²) < 4.78 is 10.9. The van der Waals surface area contributed by atoms with E-state index in [0.29, 0.717) is 14.2 Å². The van der Waals surface area contributed by atoms with E-state index in [2.05, 4.69) is 19.1 Å². The van der Waals surface area contributed by atoms with Gasteiger partial charge >= 0.3 is 0 Å². The Hall–Kier alpha value is -1.86. The van der Waals surface area contributed by atoms with Crippen molar-refractivity contribution in [2.75, 3.05) is 14.2 Å². The second-order valence-electron chi connectivity index (χ2n) is 5.42. The van der Waals surface area contributed by atoms with E-state index in [1.54, 1.807) is 14.2 Å². The summed E-state index contributed by atoms with van der Waals surface area (Å²) >= 11 is 0. The van der Waals surface area contributed by atoms with Crippen molar-refractivity contribution < 1.29 is 14.3 Å². The number of aryl methyl sites for hydroxylation is 1. The van der Waals surface area contributed by atoms with E-state index in [4.69, 9.17) is 9.47 Å². The minimum absolute atomic E-state index is 0.293. The van der Waals surface area contributed by atoms with Crippen molar-refractivity contribution in [2.24, 2.45) is 0 Å². The molecule has 0 aliphatic rings. The fourth-order valence-corrected chi connectivity index (χ4v) is 4.05. The molecule has 0 aromatic heterocycles. The molecule has 0 heterocycles. The molecule has 0 aliphatic carbocycles. The molecule has 2 aromatic rings. The Morgan fingerprint density at radius 2 is 1.91 bits per heavy atom. The molecule has 0 bridgehead atoms. The van der Waals surface area contributed by atoms with Gasteiger partial charge in [-0.25, -0.2) is 0 Å². The smallest absolute Gasteiger partial charge is 0.150 e. The first kappa shape index (κ1) is 17.5. The van der Waals surface area contributed by atoms with Gasteiger partial charge in [0.2, 0.25) is 0 Å². The maximum atomic E-state index is 11.4. The molecule has 2 unspecified atom stereocenters. The van der Waals surface area contributed by atoms with Gasteiger partial charge in [-0.15, -0.1) is 0 Å². The van der Waals surface area contributed by atoms with Crippen LogP contribution in [0.5, 0.6) is 11.5 Å². The van der Waals surface area contributed by atoms with Gasteiger partial charge in [-0.05, 0) is 42.9 Å². The molecular formula is C19H23O3P. The summed E-state index contributed by atoms with van der Waals surface area (Å²) in [4.78, 5) is 11.4. The number of hydrogen-bond acceptors (Lipinski definition) is 3. The first-order valence-electron chi connectivity index (χ1n) is 7.67. The van der Waals surface area contributed by atoms with Crippen LogP contribution in [-0.2, 0) is 0 Å². The third-order valence-corrected chi connectivity index (χ3v) is 5.72. The van der Waals surface area contributed by atoms with Gasteiger partial charge in [0.1, 0.15) is 11.5 Å². The van der Waals surface area contributed by atoms with E-state index >= 15 is 0 Å². The minimum Gasteiger partial charge on any atom is -0.497 e. The van der Waals surface area contributed by atoms with Gasteiger partial charge in [0.25, 0.3) is 0 Å². The molecule has 0 saturated carbocycles. The number of ether oxygens (including phenoxy) is 2. The summed E-state index contributed by atoms with van der Waals surface area (Å²) in [6.07, 6.45) is 1.92. The number of rotatable bonds is 7. The monoisotopic (exact) mass is 330 g/mol. The van der Waals surface area contributed by atoms with Crippen LogP contribution in [0.15, 0.2) is 36.4 Å². The maximum Gasteiger partial charge on any atom is 0.150 e. The first-order chi connectivity index (χ1) is 11.1. The molecule has 0 aliphatic heterocycles. The van der Waals surface area contributed by atoms with Gasteiger partial charge in [-0.2, -0.15) is 0 Å². The zero-order chi connectivity index (χ0) is 16.8. The van der Waals surface area contributed by atoms with Crippen LogP contribution >= 0.6 is 8.58 Å². The quantitative estimate of drug-likeness (QED) is 0.561. The summed E-state index contributed by atoms with van der Waals surface area (Å²) in [6, 6.07) is 12.0. The second-order valence-corrected chi connectivity index (χ2v) is 6.95. The molecule has 2 rings (SSSR count). The van der Waals surface area contributed by atoms with Crippen LogP contribution in [-0.4, -0.2) is 20.5 Å². The zero-order valence-electron chi connectivity index (χ0n) is 14.1. The van der Waals surface area contributed by atoms with Crippen LogP contribution in [0.4, 0.5) is 0 Å². The highest BCUT2D eigenvalue weighted by Crippen LogP contribution is 2.43. The van der Waals surface area contributed by atoms with Crippen LogP contribution in [0.1, 0.15) is 40.5 Å². The Labute approximate surface area is 139 Å². The third kappa shape index (κ3) is 4.11. The SMILES string of the molecule is CCC(Pc1ccc(C)cc1C=O)c1cc(OC)ccc1OC. The summed E-state index contributed by atoms with van der Waals surface area (Å²) in [5.41, 5.74) is 3.31. The van der Waals surface area contributed by atoms with Gasteiger partial charge in [-0.3, -0.25) is 4.79 Å². The molecule has 2 atom stereocenters. The summed E-state index contributed by atoms with van der Waals surface area (Å²) in [6.45, 7) is 4.16. The Morgan fingerprint density at radius 1 is 1.13 bits per heavy atom. The van der Waals surface area contributed by atoms with E-state index < -0.39 is 0 Å². The zero-order valence-corrected chi connectivity index (χ0v) is 15.1. The lowest BCUT2D eigenvalue weighted by atomic mass is 10.1. The van der Waals surface area contributed by atoms with Crippen molar-refractivity contribution in [1.29, 1.82) is 0 Å². The van der Waals surface area contributed by atoms with Crippen LogP contribution in [0.25, 0.3) is 0 Å². The standard InChI is InChI=1S/C19H23O3P/c1-5-18(16-11-15(21-3)7-8-17(16)22-4)23-19-9-6-13(2)10-14(19)12-20/h6-12,18,23H,5H2,1-4H3. The Bertz CT molecular complexity index is 682. The number of carbonyl (C=O) groups excluding carboxylic acids is 1. The fraction of sp³-hybridized carbons (Fsp3) is 0.316. The molecule has 4 heteroatoms. The molecule has 0 spiro atoms. The van der Waals surface area contributed by atoms with E-state index in [1.165, 1.54) is 0 Å². The van der Waals surface area contributed by atoms with Crippen molar-refractivity contribution in [1.82, 2.24) is 0 Å². The molecule has 0 radical (unpaired) electrons. The number of aldehydes is 1. The van der Waals surface area contributed by atoms with Crippen molar-refractivity contribution in [2.45, 2.75) is 25.9 Å². The lowest BCUT2D eigenvalue weighted by Gasteiger charge is -2.20. The van der Waals surface area contributed by atoms with Gasteiger partial charge < -0.3 is 9.47 Å². The second kappa shape index (κ2) is 8.12. The lowest BCUT2D eigenvalue weighted by molar-refractivity contribution is 0.112. The highest BCUT2D eigenvalue weighted by Gasteiger charge is 2.18. The molecule has 23 heavy (non-hydrogen) atoms. The van der Waals surface area contributed by atoms with Crippen molar-refractivity contribution in [3.8, 4) is 11.5 Å². The highest BCUT2D eigenvalue weighted by atomic mass is 31.1. The van der Waals surface area contributed by atoms with Crippen molar-refractivity contribution in [3.63, 3.8) is 0 Å². The van der Waals surface area contributed by atoms with E-state index in [-0.39, 0.29) is 0 Å². The average molecular weight is 330 g/mol. The Balaban J connectivity index is 2.39. The summed E-state index contributed by atoms with van der Waals surface area (Å²) in [5.74, 6) is 1.69. The maximum absolute atomic E-state index is 11.4. The third-order valence-electron chi connectivity index (χ3n) is 3.88. The number of carbonyl (C=O) groups is 1. The van der Waals surface area contributed by atoms with Crippen LogP contribution in [0.2, 0.25) is 0 Å². The number of benzene rings is 2. The van der Waals surface area contributed by atoms with E-state index in [0.717, 1.165) is 46.2 Å².